The predicted molar refractivity (Wildman–Crippen MR) is 118 cm³/mol. The van der Waals surface area contributed by atoms with Gasteiger partial charge in [-0.15, -0.1) is 0 Å². The molecule has 0 unspecified atom stereocenters. The lowest BCUT2D eigenvalue weighted by atomic mass is 9.78. The van der Waals surface area contributed by atoms with Gasteiger partial charge in [-0.3, -0.25) is 9.59 Å². The first-order valence-electron chi connectivity index (χ1n) is 11.2. The van der Waals surface area contributed by atoms with Crippen molar-refractivity contribution >= 4 is 11.8 Å². The van der Waals surface area contributed by atoms with E-state index in [2.05, 4.69) is 29.6 Å². The molecule has 4 heteroatoms. The molecular formula is C26H30N2O2. The van der Waals surface area contributed by atoms with Gasteiger partial charge in [0.05, 0.1) is 5.41 Å². The second kappa shape index (κ2) is 7.26. The monoisotopic (exact) mass is 402 g/mol. The minimum atomic E-state index is -0.559. The van der Waals surface area contributed by atoms with Crippen LogP contribution in [0.25, 0.3) is 11.1 Å². The molecule has 2 aliphatic carbocycles. The minimum Gasteiger partial charge on any atom is -0.359 e. The Bertz CT molecular complexity index is 966. The molecule has 0 radical (unpaired) electrons. The van der Waals surface area contributed by atoms with Crippen LogP contribution in [0.3, 0.4) is 0 Å². The van der Waals surface area contributed by atoms with E-state index in [0.717, 1.165) is 18.4 Å². The van der Waals surface area contributed by atoms with E-state index >= 15 is 0 Å². The van der Waals surface area contributed by atoms with E-state index in [1.807, 2.05) is 35.2 Å². The topological polar surface area (TPSA) is 49.4 Å². The second-order valence-electron chi connectivity index (χ2n) is 9.54. The Morgan fingerprint density at radius 1 is 1.03 bits per heavy atom. The molecule has 2 aromatic carbocycles. The molecule has 4 nitrogen and oxygen atoms in total. The number of hydrogen-bond acceptors (Lipinski definition) is 2. The summed E-state index contributed by atoms with van der Waals surface area (Å²) in [4.78, 5) is 28.2. The summed E-state index contributed by atoms with van der Waals surface area (Å²) in [6, 6.07) is 18.7. The van der Waals surface area contributed by atoms with Gasteiger partial charge in [-0.05, 0) is 54.2 Å². The maximum Gasteiger partial charge on any atom is 0.228 e. The summed E-state index contributed by atoms with van der Waals surface area (Å²) >= 11 is 0. The SMILES string of the molecule is CNC(=O)[C@]1(Cc2ccccc2-c2ccccc2)CCN(C(=O)[C@H]2CC23CCC3)C1. The fourth-order valence-corrected chi connectivity index (χ4v) is 5.77. The van der Waals surface area contributed by atoms with E-state index in [-0.39, 0.29) is 17.7 Å². The Morgan fingerprint density at radius 2 is 1.77 bits per heavy atom. The van der Waals surface area contributed by atoms with Gasteiger partial charge in [0.2, 0.25) is 11.8 Å². The molecule has 1 heterocycles. The number of benzene rings is 2. The molecule has 2 aromatic rings. The third kappa shape index (κ3) is 3.13. The molecule has 5 rings (SSSR count). The first-order chi connectivity index (χ1) is 14.6. The number of nitrogens with zero attached hydrogens (tertiary/aromatic N) is 1. The molecular weight excluding hydrogens is 372 g/mol. The summed E-state index contributed by atoms with van der Waals surface area (Å²) in [5.41, 5.74) is 3.27. The highest BCUT2D eigenvalue weighted by molar-refractivity contribution is 5.88. The minimum absolute atomic E-state index is 0.0508. The Hall–Kier alpha value is -2.62. The average molecular weight is 403 g/mol. The molecule has 1 spiro atoms. The Morgan fingerprint density at radius 3 is 2.43 bits per heavy atom. The summed E-state index contributed by atoms with van der Waals surface area (Å²) in [7, 11) is 1.71. The van der Waals surface area contributed by atoms with Crippen molar-refractivity contribution in [2.24, 2.45) is 16.7 Å². The predicted octanol–water partition coefficient (Wildman–Crippen LogP) is 4.05. The van der Waals surface area contributed by atoms with Crippen molar-refractivity contribution < 1.29 is 9.59 Å². The molecule has 1 saturated heterocycles. The highest BCUT2D eigenvalue weighted by Gasteiger charge is 2.62. The number of rotatable bonds is 5. The lowest BCUT2D eigenvalue weighted by Gasteiger charge is -2.30. The van der Waals surface area contributed by atoms with Crippen LogP contribution in [0.15, 0.2) is 54.6 Å². The van der Waals surface area contributed by atoms with Crippen molar-refractivity contribution in [2.75, 3.05) is 20.1 Å². The standard InChI is InChI=1S/C26H30N2O2/c1-27-24(30)26(14-15-28(18-26)23(29)22-17-25(22)12-7-13-25)16-20-10-5-6-11-21(20)19-8-3-2-4-9-19/h2-6,8-11,22H,7,12-18H2,1H3,(H,27,30)/t22-,26+/m1/s1. The lowest BCUT2D eigenvalue weighted by molar-refractivity contribution is -0.134. The van der Waals surface area contributed by atoms with Crippen LogP contribution in [0.5, 0.6) is 0 Å². The van der Waals surface area contributed by atoms with Crippen LogP contribution in [-0.2, 0) is 16.0 Å². The molecule has 2 saturated carbocycles. The summed E-state index contributed by atoms with van der Waals surface area (Å²) < 4.78 is 0. The molecule has 30 heavy (non-hydrogen) atoms. The van der Waals surface area contributed by atoms with E-state index in [1.165, 1.54) is 30.4 Å². The number of likely N-dealkylation sites (tertiary alicyclic amines) is 1. The Balaban J connectivity index is 1.40. The third-order valence-corrected chi connectivity index (χ3v) is 7.84. The summed E-state index contributed by atoms with van der Waals surface area (Å²) in [5.74, 6) is 0.551. The maximum absolute atomic E-state index is 13.1. The van der Waals surface area contributed by atoms with Crippen molar-refractivity contribution in [3.8, 4) is 11.1 Å². The molecule has 156 valence electrons. The molecule has 3 fully saturated rings. The fourth-order valence-electron chi connectivity index (χ4n) is 5.77. The van der Waals surface area contributed by atoms with Gasteiger partial charge in [0, 0.05) is 26.1 Å². The molecule has 0 bridgehead atoms. The zero-order chi connectivity index (χ0) is 20.8. The van der Waals surface area contributed by atoms with Crippen molar-refractivity contribution in [1.82, 2.24) is 10.2 Å². The molecule has 2 amide bonds. The third-order valence-electron chi connectivity index (χ3n) is 7.84. The van der Waals surface area contributed by atoms with E-state index in [9.17, 15) is 9.59 Å². The first kappa shape index (κ1) is 19.3. The van der Waals surface area contributed by atoms with E-state index in [0.29, 0.717) is 24.9 Å². The summed E-state index contributed by atoms with van der Waals surface area (Å²) in [6.45, 7) is 1.22. The van der Waals surface area contributed by atoms with Crippen LogP contribution in [-0.4, -0.2) is 36.9 Å². The van der Waals surface area contributed by atoms with Crippen molar-refractivity contribution in [1.29, 1.82) is 0 Å². The van der Waals surface area contributed by atoms with Crippen LogP contribution >= 0.6 is 0 Å². The Kier molecular flexibility index (Phi) is 4.68. The highest BCUT2D eigenvalue weighted by atomic mass is 16.2. The van der Waals surface area contributed by atoms with E-state index < -0.39 is 5.41 Å². The largest absolute Gasteiger partial charge is 0.359 e. The lowest BCUT2D eigenvalue weighted by Crippen LogP contribution is -2.44. The maximum atomic E-state index is 13.1. The van der Waals surface area contributed by atoms with Gasteiger partial charge in [-0.25, -0.2) is 0 Å². The van der Waals surface area contributed by atoms with Crippen molar-refractivity contribution in [3.63, 3.8) is 0 Å². The number of carbonyl (C=O) groups is 2. The quantitative estimate of drug-likeness (QED) is 0.820. The molecule has 1 N–H and O–H groups in total. The van der Waals surface area contributed by atoms with Crippen molar-refractivity contribution in [2.45, 2.75) is 38.5 Å². The zero-order valence-electron chi connectivity index (χ0n) is 17.7. The molecule has 1 aliphatic heterocycles. The number of carbonyl (C=O) groups excluding carboxylic acids is 2. The zero-order valence-corrected chi connectivity index (χ0v) is 17.7. The summed E-state index contributed by atoms with van der Waals surface area (Å²) in [6.07, 6.45) is 6.12. The van der Waals surface area contributed by atoms with Gasteiger partial charge >= 0.3 is 0 Å². The van der Waals surface area contributed by atoms with Crippen LogP contribution in [0.2, 0.25) is 0 Å². The smallest absolute Gasteiger partial charge is 0.228 e. The van der Waals surface area contributed by atoms with Gasteiger partial charge in [0.1, 0.15) is 0 Å². The fraction of sp³-hybridized carbons (Fsp3) is 0.462. The average Bonchev–Trinajstić information content (AvgIpc) is 3.41. The van der Waals surface area contributed by atoms with Gasteiger partial charge in [0.25, 0.3) is 0 Å². The van der Waals surface area contributed by atoms with Crippen LogP contribution in [0, 0.1) is 16.7 Å². The molecule has 0 aromatic heterocycles. The highest BCUT2D eigenvalue weighted by Crippen LogP contribution is 2.66. The van der Waals surface area contributed by atoms with E-state index in [4.69, 9.17) is 0 Å². The van der Waals surface area contributed by atoms with Gasteiger partial charge in [-0.2, -0.15) is 0 Å². The normalized spacial score (nSPS) is 26.3. The molecule has 2 atom stereocenters. The first-order valence-corrected chi connectivity index (χ1v) is 11.2. The van der Waals surface area contributed by atoms with Crippen LogP contribution < -0.4 is 5.32 Å². The van der Waals surface area contributed by atoms with Gasteiger partial charge in [-0.1, -0.05) is 61.0 Å². The Labute approximate surface area is 178 Å². The number of hydrogen-bond donors (Lipinski definition) is 1. The van der Waals surface area contributed by atoms with Gasteiger partial charge < -0.3 is 10.2 Å². The van der Waals surface area contributed by atoms with Gasteiger partial charge in [0.15, 0.2) is 0 Å². The second-order valence-corrected chi connectivity index (χ2v) is 9.54. The van der Waals surface area contributed by atoms with Crippen LogP contribution in [0.1, 0.15) is 37.7 Å². The van der Waals surface area contributed by atoms with Crippen molar-refractivity contribution in [3.05, 3.63) is 60.2 Å². The number of nitrogens with one attached hydrogen (secondary N) is 1. The summed E-state index contributed by atoms with van der Waals surface area (Å²) in [5, 5.41) is 2.89. The number of amides is 2. The van der Waals surface area contributed by atoms with Crippen LogP contribution in [0.4, 0.5) is 0 Å². The van der Waals surface area contributed by atoms with E-state index in [1.54, 1.807) is 7.05 Å². The molecule has 3 aliphatic rings.